The van der Waals surface area contributed by atoms with E-state index in [9.17, 15) is 0 Å². The quantitative estimate of drug-likeness (QED) is 0.151. The number of hydrogen-bond acceptors (Lipinski definition) is 4. The van der Waals surface area contributed by atoms with Crippen LogP contribution >= 0.6 is 0 Å². The topological polar surface area (TPSA) is 51.8 Å². The van der Waals surface area contributed by atoms with Crippen LogP contribution in [0.5, 0.6) is 0 Å². The standard InChI is InChI=1S/C48H33N3O/c1-2-3-4-5-6-16-35-29-30-43-45(41-20-11-12-22-42(41)52-43)44(35)48-50-46(49-47(51-48)38-28-23-32-14-7-8-17-37(32)31-38)36-26-24-34(25-27-36)40-21-13-18-33-15-9-10-19-39(33)40/h2-15,17-31H,1,16H2/b4-3-,6-5-. The monoisotopic (exact) mass is 667 g/mol. The highest BCUT2D eigenvalue weighted by Crippen LogP contribution is 2.39. The van der Waals surface area contributed by atoms with Crippen molar-refractivity contribution in [2.45, 2.75) is 6.42 Å². The molecule has 0 aliphatic carbocycles. The fraction of sp³-hybridized carbons (Fsp3) is 0.0208. The van der Waals surface area contributed by atoms with Gasteiger partial charge in [0.2, 0.25) is 0 Å². The highest BCUT2D eigenvalue weighted by atomic mass is 16.3. The molecule has 0 N–H and O–H groups in total. The van der Waals surface area contributed by atoms with Gasteiger partial charge in [0.1, 0.15) is 11.2 Å². The van der Waals surface area contributed by atoms with Crippen LogP contribution in [-0.2, 0) is 6.42 Å². The second-order valence-corrected chi connectivity index (χ2v) is 12.8. The lowest BCUT2D eigenvalue weighted by Crippen LogP contribution is -2.02. The summed E-state index contributed by atoms with van der Waals surface area (Å²) < 4.78 is 6.38. The van der Waals surface area contributed by atoms with Gasteiger partial charge in [0, 0.05) is 27.5 Å². The highest BCUT2D eigenvalue weighted by molar-refractivity contribution is 6.12. The summed E-state index contributed by atoms with van der Waals surface area (Å²) in [6, 6.07) is 50.6. The molecule has 0 unspecified atom stereocenters. The number of fused-ring (bicyclic) bond motifs is 5. The van der Waals surface area contributed by atoms with Crippen LogP contribution in [0.15, 0.2) is 187 Å². The summed E-state index contributed by atoms with van der Waals surface area (Å²) in [5.74, 6) is 1.83. The molecule has 4 heteroatoms. The number of benzene rings is 7. The van der Waals surface area contributed by atoms with Gasteiger partial charge in [-0.25, -0.2) is 15.0 Å². The largest absolute Gasteiger partial charge is 0.456 e. The summed E-state index contributed by atoms with van der Waals surface area (Å²) in [6.45, 7) is 3.79. The van der Waals surface area contributed by atoms with Crippen LogP contribution in [0.3, 0.4) is 0 Å². The Bertz CT molecular complexity index is 2840. The molecule has 2 aromatic heterocycles. The van der Waals surface area contributed by atoms with Gasteiger partial charge < -0.3 is 4.42 Å². The van der Waals surface area contributed by atoms with Gasteiger partial charge >= 0.3 is 0 Å². The lowest BCUT2D eigenvalue weighted by molar-refractivity contribution is 0.669. The number of para-hydroxylation sites is 1. The summed E-state index contributed by atoms with van der Waals surface area (Å²) in [7, 11) is 0. The van der Waals surface area contributed by atoms with Crippen molar-refractivity contribution >= 4 is 43.5 Å². The first-order valence-corrected chi connectivity index (χ1v) is 17.4. The zero-order valence-electron chi connectivity index (χ0n) is 28.4. The molecular weight excluding hydrogens is 635 g/mol. The molecule has 0 saturated heterocycles. The third-order valence-corrected chi connectivity index (χ3v) is 9.57. The minimum absolute atomic E-state index is 0.605. The molecule has 4 nitrogen and oxygen atoms in total. The Labute approximate surface area is 301 Å². The summed E-state index contributed by atoms with van der Waals surface area (Å²) >= 11 is 0. The molecule has 52 heavy (non-hydrogen) atoms. The third-order valence-electron chi connectivity index (χ3n) is 9.57. The molecule has 0 fully saturated rings. The van der Waals surface area contributed by atoms with E-state index in [1.165, 1.54) is 21.7 Å². The zero-order chi connectivity index (χ0) is 34.9. The van der Waals surface area contributed by atoms with Crippen molar-refractivity contribution < 1.29 is 4.42 Å². The van der Waals surface area contributed by atoms with E-state index < -0.39 is 0 Å². The average Bonchev–Trinajstić information content (AvgIpc) is 3.59. The number of hydrogen-bond donors (Lipinski definition) is 0. The van der Waals surface area contributed by atoms with Gasteiger partial charge in [-0.2, -0.15) is 0 Å². The summed E-state index contributed by atoms with van der Waals surface area (Å²) in [6.07, 6.45) is 10.5. The zero-order valence-corrected chi connectivity index (χ0v) is 28.4. The molecule has 0 spiro atoms. The number of furan rings is 1. The Morgan fingerprint density at radius 3 is 2.02 bits per heavy atom. The van der Waals surface area contributed by atoms with E-state index in [1.807, 2.05) is 36.4 Å². The maximum absolute atomic E-state index is 6.38. The van der Waals surface area contributed by atoms with E-state index in [-0.39, 0.29) is 0 Å². The smallest absolute Gasteiger partial charge is 0.165 e. The fourth-order valence-corrected chi connectivity index (χ4v) is 7.05. The Morgan fingerprint density at radius 1 is 0.500 bits per heavy atom. The second kappa shape index (κ2) is 13.4. The molecule has 9 rings (SSSR count). The summed E-state index contributed by atoms with van der Waals surface area (Å²) in [5, 5.41) is 6.76. The maximum Gasteiger partial charge on any atom is 0.165 e. The predicted molar refractivity (Wildman–Crippen MR) is 216 cm³/mol. The second-order valence-electron chi connectivity index (χ2n) is 12.8. The first kappa shape index (κ1) is 31.1. The first-order chi connectivity index (χ1) is 25.7. The van der Waals surface area contributed by atoms with Gasteiger partial charge in [-0.15, -0.1) is 0 Å². The van der Waals surface area contributed by atoms with Gasteiger partial charge in [0.15, 0.2) is 17.5 Å². The predicted octanol–water partition coefficient (Wildman–Crippen LogP) is 12.6. The third kappa shape index (κ3) is 5.76. The van der Waals surface area contributed by atoms with Crippen LogP contribution < -0.4 is 0 Å². The molecule has 0 saturated carbocycles. The number of nitrogens with zero attached hydrogens (tertiary/aromatic N) is 3. The van der Waals surface area contributed by atoms with Crippen LogP contribution in [0.25, 0.3) is 88.8 Å². The molecule has 0 aliphatic heterocycles. The Kier molecular flexibility index (Phi) is 8.03. The maximum atomic E-state index is 6.38. The van der Waals surface area contributed by atoms with Gasteiger partial charge in [-0.1, -0.05) is 164 Å². The van der Waals surface area contributed by atoms with Crippen molar-refractivity contribution in [2.75, 3.05) is 0 Å². The van der Waals surface area contributed by atoms with Crippen molar-refractivity contribution in [2.24, 2.45) is 0 Å². The normalized spacial score (nSPS) is 11.8. The molecule has 0 amide bonds. The van der Waals surface area contributed by atoms with Crippen molar-refractivity contribution in [3.63, 3.8) is 0 Å². The van der Waals surface area contributed by atoms with E-state index >= 15 is 0 Å². The molecule has 0 atom stereocenters. The molecule has 0 aliphatic rings. The molecule has 246 valence electrons. The average molecular weight is 668 g/mol. The van der Waals surface area contributed by atoms with Gasteiger partial charge in [-0.05, 0) is 62.9 Å². The van der Waals surface area contributed by atoms with Gasteiger partial charge in [0.25, 0.3) is 0 Å². The van der Waals surface area contributed by atoms with E-state index in [0.717, 1.165) is 55.1 Å². The summed E-state index contributed by atoms with van der Waals surface area (Å²) in [4.78, 5) is 15.6. The van der Waals surface area contributed by atoms with Gasteiger partial charge in [-0.3, -0.25) is 0 Å². The van der Waals surface area contributed by atoms with Crippen LogP contribution in [0.1, 0.15) is 5.56 Å². The van der Waals surface area contributed by atoms with Crippen molar-refractivity contribution in [1.82, 2.24) is 15.0 Å². The minimum Gasteiger partial charge on any atom is -0.456 e. The van der Waals surface area contributed by atoms with E-state index in [2.05, 4.69) is 140 Å². The van der Waals surface area contributed by atoms with E-state index in [0.29, 0.717) is 23.9 Å². The Hall–Kier alpha value is -6.91. The van der Waals surface area contributed by atoms with Crippen molar-refractivity contribution in [3.05, 3.63) is 188 Å². The molecular formula is C48H33N3O. The van der Waals surface area contributed by atoms with Crippen molar-refractivity contribution in [1.29, 1.82) is 0 Å². The fourth-order valence-electron chi connectivity index (χ4n) is 7.05. The lowest BCUT2D eigenvalue weighted by Gasteiger charge is -2.13. The van der Waals surface area contributed by atoms with E-state index in [4.69, 9.17) is 19.4 Å². The Morgan fingerprint density at radius 2 is 1.17 bits per heavy atom. The van der Waals surface area contributed by atoms with Gasteiger partial charge in [0.05, 0.1) is 0 Å². The highest BCUT2D eigenvalue weighted by Gasteiger charge is 2.21. The Balaban J connectivity index is 1.25. The lowest BCUT2D eigenvalue weighted by atomic mass is 9.97. The SMILES string of the molecule is C=C/C=C\C=C/Cc1ccc2oc3ccccc3c2c1-c1nc(-c2ccc(-c3cccc4ccccc34)cc2)nc(-c2ccc3ccccc3c2)n1. The summed E-state index contributed by atoms with van der Waals surface area (Å²) in [5.41, 5.74) is 7.83. The van der Waals surface area contributed by atoms with E-state index in [1.54, 1.807) is 6.08 Å². The van der Waals surface area contributed by atoms with Crippen LogP contribution in [0, 0.1) is 0 Å². The van der Waals surface area contributed by atoms with Crippen LogP contribution in [0.4, 0.5) is 0 Å². The van der Waals surface area contributed by atoms with Crippen molar-refractivity contribution in [3.8, 4) is 45.3 Å². The number of rotatable bonds is 8. The number of allylic oxidation sites excluding steroid dienone is 5. The molecule has 0 radical (unpaired) electrons. The first-order valence-electron chi connectivity index (χ1n) is 17.4. The molecule has 0 bridgehead atoms. The molecule has 2 heterocycles. The number of aromatic nitrogens is 3. The van der Waals surface area contributed by atoms with Crippen LogP contribution in [0.2, 0.25) is 0 Å². The van der Waals surface area contributed by atoms with Crippen LogP contribution in [-0.4, -0.2) is 15.0 Å². The minimum atomic E-state index is 0.605. The molecule has 7 aromatic carbocycles. The molecule has 9 aromatic rings.